The molecular weight excluding hydrogens is 363 g/mol. The lowest BCUT2D eigenvalue weighted by Gasteiger charge is -2.33. The SMILES string of the molecule is CCCOc1ccc2cc(C(=O)N3CCCC(C(F)(F)F)C3)c(=O)oc2c1. The Morgan fingerprint density at radius 1 is 1.33 bits per heavy atom. The third-order valence-corrected chi connectivity index (χ3v) is 4.58. The molecule has 1 saturated heterocycles. The van der Waals surface area contributed by atoms with Crippen molar-refractivity contribution in [2.75, 3.05) is 19.7 Å². The summed E-state index contributed by atoms with van der Waals surface area (Å²) in [5, 5.41) is 0.506. The van der Waals surface area contributed by atoms with E-state index >= 15 is 0 Å². The number of likely N-dealkylation sites (tertiary alicyclic amines) is 1. The van der Waals surface area contributed by atoms with Crippen molar-refractivity contribution >= 4 is 16.9 Å². The van der Waals surface area contributed by atoms with Crippen molar-refractivity contribution in [2.45, 2.75) is 32.4 Å². The van der Waals surface area contributed by atoms with Crippen LogP contribution < -0.4 is 10.4 Å². The standard InChI is InChI=1S/C19H20F3NO4/c1-2-8-26-14-6-5-12-9-15(18(25)27-16(12)10-14)17(24)23-7-3-4-13(11-23)19(20,21)22/h5-6,9-10,13H,2-4,7-8,11H2,1H3. The van der Waals surface area contributed by atoms with E-state index in [0.29, 0.717) is 17.7 Å². The first-order valence-electron chi connectivity index (χ1n) is 8.86. The average Bonchev–Trinajstić information content (AvgIpc) is 2.64. The molecule has 1 unspecified atom stereocenters. The second-order valence-electron chi connectivity index (χ2n) is 6.63. The topological polar surface area (TPSA) is 59.8 Å². The van der Waals surface area contributed by atoms with Crippen molar-refractivity contribution < 1.29 is 27.1 Å². The molecule has 146 valence electrons. The molecule has 1 aromatic carbocycles. The molecule has 1 aromatic heterocycles. The van der Waals surface area contributed by atoms with E-state index in [0.717, 1.165) is 11.3 Å². The van der Waals surface area contributed by atoms with Gasteiger partial charge in [-0.1, -0.05) is 6.92 Å². The number of hydrogen-bond donors (Lipinski definition) is 0. The predicted molar refractivity (Wildman–Crippen MR) is 93.0 cm³/mol. The van der Waals surface area contributed by atoms with Crippen molar-refractivity contribution in [3.8, 4) is 5.75 Å². The third-order valence-electron chi connectivity index (χ3n) is 4.58. The van der Waals surface area contributed by atoms with Crippen LogP contribution in [0.5, 0.6) is 5.75 Å². The second-order valence-corrected chi connectivity index (χ2v) is 6.63. The number of carbonyl (C=O) groups is 1. The van der Waals surface area contributed by atoms with Gasteiger partial charge < -0.3 is 14.1 Å². The van der Waals surface area contributed by atoms with Crippen LogP contribution >= 0.6 is 0 Å². The van der Waals surface area contributed by atoms with Gasteiger partial charge in [-0.2, -0.15) is 13.2 Å². The molecule has 2 aromatic rings. The zero-order chi connectivity index (χ0) is 19.6. The van der Waals surface area contributed by atoms with E-state index in [2.05, 4.69) is 0 Å². The number of amides is 1. The van der Waals surface area contributed by atoms with Gasteiger partial charge in [0.1, 0.15) is 16.9 Å². The molecule has 8 heteroatoms. The minimum absolute atomic E-state index is 0.0137. The molecule has 0 radical (unpaired) electrons. The molecular formula is C19H20F3NO4. The molecule has 2 heterocycles. The Balaban J connectivity index is 1.86. The molecule has 1 atom stereocenters. The van der Waals surface area contributed by atoms with Gasteiger partial charge in [0.15, 0.2) is 0 Å². The van der Waals surface area contributed by atoms with E-state index in [-0.39, 0.29) is 30.5 Å². The molecule has 5 nitrogen and oxygen atoms in total. The van der Waals surface area contributed by atoms with Crippen LogP contribution in [0.3, 0.4) is 0 Å². The van der Waals surface area contributed by atoms with Gasteiger partial charge >= 0.3 is 11.8 Å². The summed E-state index contributed by atoms with van der Waals surface area (Å²) in [4.78, 5) is 25.9. The molecule has 1 amide bonds. The minimum atomic E-state index is -4.36. The molecule has 0 N–H and O–H groups in total. The summed E-state index contributed by atoms with van der Waals surface area (Å²) in [5.74, 6) is -1.76. The highest BCUT2D eigenvalue weighted by Crippen LogP contribution is 2.33. The maximum Gasteiger partial charge on any atom is 0.393 e. The number of piperidine rings is 1. The van der Waals surface area contributed by atoms with Gasteiger partial charge in [-0.05, 0) is 37.5 Å². The third kappa shape index (κ3) is 4.26. The summed E-state index contributed by atoms with van der Waals surface area (Å²) in [6.45, 7) is 2.22. The van der Waals surface area contributed by atoms with Gasteiger partial charge in [0.2, 0.25) is 0 Å². The minimum Gasteiger partial charge on any atom is -0.493 e. The van der Waals surface area contributed by atoms with Crippen molar-refractivity contribution in [3.05, 3.63) is 40.2 Å². The zero-order valence-corrected chi connectivity index (χ0v) is 14.8. The summed E-state index contributed by atoms with van der Waals surface area (Å²) in [7, 11) is 0. The summed E-state index contributed by atoms with van der Waals surface area (Å²) in [6.07, 6.45) is -3.31. The van der Waals surface area contributed by atoms with Crippen LogP contribution in [0, 0.1) is 5.92 Å². The van der Waals surface area contributed by atoms with Crippen molar-refractivity contribution in [1.29, 1.82) is 0 Å². The lowest BCUT2D eigenvalue weighted by molar-refractivity contribution is -0.184. The van der Waals surface area contributed by atoms with Crippen LogP contribution in [-0.2, 0) is 0 Å². The van der Waals surface area contributed by atoms with Crippen molar-refractivity contribution in [1.82, 2.24) is 4.90 Å². The molecule has 3 rings (SSSR count). The Bertz CT molecular complexity index is 891. The Morgan fingerprint density at radius 3 is 2.81 bits per heavy atom. The van der Waals surface area contributed by atoms with E-state index in [1.54, 1.807) is 18.2 Å². The average molecular weight is 383 g/mol. The van der Waals surface area contributed by atoms with E-state index < -0.39 is 30.2 Å². The number of benzene rings is 1. The van der Waals surface area contributed by atoms with E-state index in [9.17, 15) is 22.8 Å². The first-order valence-corrected chi connectivity index (χ1v) is 8.86. The molecule has 1 aliphatic rings. The van der Waals surface area contributed by atoms with Crippen molar-refractivity contribution in [2.24, 2.45) is 5.92 Å². The maximum atomic E-state index is 13.0. The van der Waals surface area contributed by atoms with Gasteiger partial charge in [-0.15, -0.1) is 0 Å². The fourth-order valence-electron chi connectivity index (χ4n) is 3.15. The highest BCUT2D eigenvalue weighted by Gasteiger charge is 2.43. The molecule has 27 heavy (non-hydrogen) atoms. The molecule has 1 fully saturated rings. The number of hydrogen-bond acceptors (Lipinski definition) is 4. The Labute approximate surface area is 153 Å². The van der Waals surface area contributed by atoms with Crippen LogP contribution in [0.15, 0.2) is 33.5 Å². The van der Waals surface area contributed by atoms with Crippen LogP contribution in [0.1, 0.15) is 36.5 Å². The molecule has 0 aliphatic carbocycles. The molecule has 0 spiro atoms. The van der Waals surface area contributed by atoms with Gasteiger partial charge in [0.05, 0.1) is 12.5 Å². The Morgan fingerprint density at radius 2 is 2.11 bits per heavy atom. The maximum absolute atomic E-state index is 13.0. The number of rotatable bonds is 4. The van der Waals surface area contributed by atoms with Gasteiger partial charge in [0, 0.05) is 24.5 Å². The Hall–Kier alpha value is -2.51. The highest BCUT2D eigenvalue weighted by atomic mass is 19.4. The fraction of sp³-hybridized carbons (Fsp3) is 0.474. The number of alkyl halides is 3. The smallest absolute Gasteiger partial charge is 0.393 e. The number of fused-ring (bicyclic) bond motifs is 1. The molecule has 0 saturated carbocycles. The second kappa shape index (κ2) is 7.62. The van der Waals surface area contributed by atoms with Crippen LogP contribution in [0.2, 0.25) is 0 Å². The fourth-order valence-corrected chi connectivity index (χ4v) is 3.15. The van der Waals surface area contributed by atoms with Gasteiger partial charge in [0.25, 0.3) is 5.91 Å². The zero-order valence-electron chi connectivity index (χ0n) is 14.8. The van der Waals surface area contributed by atoms with E-state index in [1.165, 1.54) is 6.07 Å². The molecule has 0 bridgehead atoms. The summed E-state index contributed by atoms with van der Waals surface area (Å²) in [6, 6.07) is 6.26. The van der Waals surface area contributed by atoms with E-state index in [4.69, 9.17) is 9.15 Å². The van der Waals surface area contributed by atoms with Gasteiger partial charge in [-0.3, -0.25) is 4.79 Å². The monoisotopic (exact) mass is 383 g/mol. The van der Waals surface area contributed by atoms with Crippen molar-refractivity contribution in [3.63, 3.8) is 0 Å². The first kappa shape index (κ1) is 19.3. The lowest BCUT2D eigenvalue weighted by Crippen LogP contribution is -2.45. The van der Waals surface area contributed by atoms with Crippen LogP contribution in [0.4, 0.5) is 13.2 Å². The number of halogens is 3. The quantitative estimate of drug-likeness (QED) is 0.749. The highest BCUT2D eigenvalue weighted by molar-refractivity contribution is 5.96. The number of carbonyl (C=O) groups excluding carboxylic acids is 1. The summed E-state index contributed by atoms with van der Waals surface area (Å²) < 4.78 is 49.6. The predicted octanol–water partition coefficient (Wildman–Crippen LogP) is 4.00. The molecule has 1 aliphatic heterocycles. The van der Waals surface area contributed by atoms with Crippen LogP contribution in [0.25, 0.3) is 11.0 Å². The summed E-state index contributed by atoms with van der Waals surface area (Å²) in [5.41, 5.74) is -0.862. The normalized spacial score (nSPS) is 17.9. The lowest BCUT2D eigenvalue weighted by atomic mass is 9.97. The largest absolute Gasteiger partial charge is 0.493 e. The first-order chi connectivity index (χ1) is 12.8. The Kier molecular flexibility index (Phi) is 5.43. The number of nitrogens with zero attached hydrogens (tertiary/aromatic N) is 1. The van der Waals surface area contributed by atoms with Crippen LogP contribution in [-0.4, -0.2) is 36.7 Å². The van der Waals surface area contributed by atoms with Gasteiger partial charge in [-0.25, -0.2) is 4.79 Å². The number of ether oxygens (including phenoxy) is 1. The summed E-state index contributed by atoms with van der Waals surface area (Å²) >= 11 is 0. The van der Waals surface area contributed by atoms with E-state index in [1.807, 2.05) is 6.92 Å².